The minimum absolute atomic E-state index is 0.154. The SMILES string of the molecule is Nc1c(CCc2ccc(NCC3CC(N)C3)cc2F)sc2c1CCC=N2. The molecule has 0 radical (unpaired) electrons. The molecule has 5 N–H and O–H groups in total. The molecule has 4 rings (SSSR count). The number of hydrogen-bond acceptors (Lipinski definition) is 5. The summed E-state index contributed by atoms with van der Waals surface area (Å²) in [5.74, 6) is 0.460. The van der Waals surface area contributed by atoms with E-state index < -0.39 is 0 Å². The first-order valence-corrected chi connectivity index (χ1v) is 10.1. The highest BCUT2D eigenvalue weighted by molar-refractivity contribution is 7.16. The number of fused-ring (bicyclic) bond motifs is 1. The maximum Gasteiger partial charge on any atom is 0.128 e. The summed E-state index contributed by atoms with van der Waals surface area (Å²) in [6.07, 6.45) is 7.38. The van der Waals surface area contributed by atoms with Gasteiger partial charge in [-0.15, -0.1) is 11.3 Å². The maximum atomic E-state index is 14.5. The predicted octanol–water partition coefficient (Wildman–Crippen LogP) is 4.05. The average molecular weight is 373 g/mol. The molecule has 138 valence electrons. The molecule has 0 atom stereocenters. The van der Waals surface area contributed by atoms with E-state index in [-0.39, 0.29) is 5.82 Å². The Hall–Kier alpha value is -1.92. The van der Waals surface area contributed by atoms with Crippen molar-refractivity contribution >= 4 is 33.9 Å². The number of hydrogen-bond donors (Lipinski definition) is 3. The Morgan fingerprint density at radius 3 is 2.85 bits per heavy atom. The zero-order chi connectivity index (χ0) is 18.1. The highest BCUT2D eigenvalue weighted by Crippen LogP contribution is 2.40. The van der Waals surface area contributed by atoms with Crippen molar-refractivity contribution in [3.8, 4) is 0 Å². The van der Waals surface area contributed by atoms with E-state index in [1.807, 2.05) is 18.3 Å². The van der Waals surface area contributed by atoms with Gasteiger partial charge in [0.05, 0.1) is 5.69 Å². The van der Waals surface area contributed by atoms with Gasteiger partial charge in [0, 0.05) is 34.9 Å². The molecule has 26 heavy (non-hydrogen) atoms. The maximum absolute atomic E-state index is 14.5. The van der Waals surface area contributed by atoms with Gasteiger partial charge in [0.25, 0.3) is 0 Å². The minimum atomic E-state index is -0.154. The van der Waals surface area contributed by atoms with E-state index in [0.29, 0.717) is 18.4 Å². The van der Waals surface area contributed by atoms with E-state index in [1.54, 1.807) is 17.4 Å². The smallest absolute Gasteiger partial charge is 0.128 e. The fourth-order valence-electron chi connectivity index (χ4n) is 3.73. The zero-order valence-corrected chi connectivity index (χ0v) is 15.6. The largest absolute Gasteiger partial charge is 0.398 e. The van der Waals surface area contributed by atoms with Gasteiger partial charge >= 0.3 is 0 Å². The predicted molar refractivity (Wildman–Crippen MR) is 108 cm³/mol. The number of anilines is 2. The van der Waals surface area contributed by atoms with Crippen molar-refractivity contribution in [2.45, 2.75) is 44.6 Å². The van der Waals surface area contributed by atoms with Gasteiger partial charge in [-0.3, -0.25) is 0 Å². The lowest BCUT2D eigenvalue weighted by atomic mass is 9.81. The topological polar surface area (TPSA) is 76.4 Å². The summed E-state index contributed by atoms with van der Waals surface area (Å²) >= 11 is 1.64. The number of nitrogen functional groups attached to an aromatic ring is 1. The first-order chi connectivity index (χ1) is 12.6. The standard InChI is InChI=1S/C20H25FN4S/c21-17-10-15(25-11-12-8-14(22)9-12)5-3-13(17)4-6-18-19(23)16-2-1-7-24-20(16)26-18/h3,5,7,10,12,14,25H,1-2,4,6,8-9,11,22-23H2. The van der Waals surface area contributed by atoms with E-state index >= 15 is 0 Å². The van der Waals surface area contributed by atoms with Gasteiger partial charge < -0.3 is 16.8 Å². The Labute approximate surface area is 157 Å². The highest BCUT2D eigenvalue weighted by Gasteiger charge is 2.25. The Kier molecular flexibility index (Phi) is 4.96. The molecular formula is C20H25FN4S. The van der Waals surface area contributed by atoms with Crippen LogP contribution in [0.4, 0.5) is 20.8 Å². The normalized spacial score (nSPS) is 21.3. The van der Waals surface area contributed by atoms with Crippen LogP contribution in [0.25, 0.3) is 0 Å². The summed E-state index contributed by atoms with van der Waals surface area (Å²) in [4.78, 5) is 5.56. The zero-order valence-electron chi connectivity index (χ0n) is 14.8. The molecule has 0 bridgehead atoms. The van der Waals surface area contributed by atoms with Crippen LogP contribution in [0, 0.1) is 11.7 Å². The second-order valence-electron chi connectivity index (χ2n) is 7.36. The molecule has 2 aliphatic rings. The first-order valence-electron chi connectivity index (χ1n) is 9.30. The lowest BCUT2D eigenvalue weighted by Gasteiger charge is -2.32. The third-order valence-electron chi connectivity index (χ3n) is 5.38. The molecule has 0 amide bonds. The van der Waals surface area contributed by atoms with Crippen LogP contribution in [0.2, 0.25) is 0 Å². The third-order valence-corrected chi connectivity index (χ3v) is 6.59. The monoisotopic (exact) mass is 372 g/mol. The average Bonchev–Trinajstić information content (AvgIpc) is 2.93. The Morgan fingerprint density at radius 1 is 1.27 bits per heavy atom. The highest BCUT2D eigenvalue weighted by atomic mass is 32.1. The van der Waals surface area contributed by atoms with Crippen LogP contribution >= 0.6 is 11.3 Å². The molecular weight excluding hydrogens is 347 g/mol. The summed E-state index contributed by atoms with van der Waals surface area (Å²) in [5.41, 5.74) is 15.7. The quantitative estimate of drug-likeness (QED) is 0.716. The fourth-order valence-corrected chi connectivity index (χ4v) is 4.86. The van der Waals surface area contributed by atoms with Gasteiger partial charge in [0.15, 0.2) is 0 Å². The number of nitrogens with two attached hydrogens (primary N) is 2. The van der Waals surface area contributed by atoms with Crippen LogP contribution in [0.3, 0.4) is 0 Å². The van der Waals surface area contributed by atoms with Crippen molar-refractivity contribution in [2.75, 3.05) is 17.6 Å². The molecule has 1 aromatic carbocycles. The first kappa shape index (κ1) is 17.5. The summed E-state index contributed by atoms with van der Waals surface area (Å²) in [6.45, 7) is 0.865. The summed E-state index contributed by atoms with van der Waals surface area (Å²) in [7, 11) is 0. The number of nitrogens with zero attached hydrogens (tertiary/aromatic N) is 1. The number of halogens is 1. The Bertz CT molecular complexity index is 823. The second kappa shape index (κ2) is 7.37. The number of thiophene rings is 1. The second-order valence-corrected chi connectivity index (χ2v) is 8.44. The summed E-state index contributed by atoms with van der Waals surface area (Å²) in [5, 5.41) is 4.35. The van der Waals surface area contributed by atoms with Gasteiger partial charge in [-0.1, -0.05) is 6.07 Å². The van der Waals surface area contributed by atoms with Crippen LogP contribution in [-0.2, 0) is 19.3 Å². The van der Waals surface area contributed by atoms with Gasteiger partial charge in [0.2, 0.25) is 0 Å². The van der Waals surface area contributed by atoms with E-state index in [1.165, 1.54) is 5.56 Å². The van der Waals surface area contributed by atoms with Crippen molar-refractivity contribution in [3.05, 3.63) is 40.0 Å². The molecule has 1 saturated carbocycles. The molecule has 0 saturated heterocycles. The molecule has 1 aromatic heterocycles. The van der Waals surface area contributed by atoms with Crippen molar-refractivity contribution < 1.29 is 4.39 Å². The van der Waals surface area contributed by atoms with Crippen LogP contribution < -0.4 is 16.8 Å². The molecule has 0 unspecified atom stereocenters. The number of nitrogens with one attached hydrogen (secondary N) is 1. The third kappa shape index (κ3) is 3.62. The number of aliphatic imine (C=N–C) groups is 1. The summed E-state index contributed by atoms with van der Waals surface area (Å²) < 4.78 is 14.5. The van der Waals surface area contributed by atoms with Crippen LogP contribution in [-0.4, -0.2) is 18.8 Å². The number of benzene rings is 1. The molecule has 0 spiro atoms. The van der Waals surface area contributed by atoms with Crippen molar-refractivity contribution in [2.24, 2.45) is 16.6 Å². The molecule has 2 aromatic rings. The van der Waals surface area contributed by atoms with Crippen LogP contribution in [0.1, 0.15) is 35.3 Å². The molecule has 2 heterocycles. The molecule has 1 aliphatic carbocycles. The Balaban J connectivity index is 1.36. The fraction of sp³-hybridized carbons (Fsp3) is 0.450. The number of rotatable bonds is 6. The van der Waals surface area contributed by atoms with E-state index in [9.17, 15) is 4.39 Å². The van der Waals surface area contributed by atoms with Crippen molar-refractivity contribution in [1.29, 1.82) is 0 Å². The van der Waals surface area contributed by atoms with Gasteiger partial charge in [-0.25, -0.2) is 9.38 Å². The van der Waals surface area contributed by atoms with Gasteiger partial charge in [-0.05, 0) is 62.1 Å². The van der Waals surface area contributed by atoms with E-state index in [2.05, 4.69) is 10.3 Å². The Morgan fingerprint density at radius 2 is 2.12 bits per heavy atom. The lowest BCUT2D eigenvalue weighted by Crippen LogP contribution is -2.39. The van der Waals surface area contributed by atoms with Crippen LogP contribution in [0.15, 0.2) is 23.2 Å². The van der Waals surface area contributed by atoms with Crippen molar-refractivity contribution in [3.63, 3.8) is 0 Å². The van der Waals surface area contributed by atoms with E-state index in [4.69, 9.17) is 11.5 Å². The molecule has 4 nitrogen and oxygen atoms in total. The van der Waals surface area contributed by atoms with Gasteiger partial charge in [0.1, 0.15) is 10.8 Å². The molecule has 1 fully saturated rings. The number of aryl methyl sites for hydroxylation is 2. The molecule has 1 aliphatic heterocycles. The summed E-state index contributed by atoms with van der Waals surface area (Å²) in [6, 6.07) is 5.79. The lowest BCUT2D eigenvalue weighted by molar-refractivity contribution is 0.280. The van der Waals surface area contributed by atoms with Crippen molar-refractivity contribution in [1.82, 2.24) is 0 Å². The minimum Gasteiger partial charge on any atom is -0.398 e. The van der Waals surface area contributed by atoms with Gasteiger partial charge in [-0.2, -0.15) is 0 Å². The van der Waals surface area contributed by atoms with E-state index in [0.717, 1.165) is 65.5 Å². The molecule has 6 heteroatoms. The van der Waals surface area contributed by atoms with Crippen LogP contribution in [0.5, 0.6) is 0 Å².